The van der Waals surface area contributed by atoms with Gasteiger partial charge in [-0.1, -0.05) is 108 Å². The van der Waals surface area contributed by atoms with Crippen molar-refractivity contribution in [3.8, 4) is 0 Å². The second-order valence-electron chi connectivity index (χ2n) is 14.7. The van der Waals surface area contributed by atoms with Crippen molar-refractivity contribution in [3.05, 3.63) is 65.7 Å². The Morgan fingerprint density at radius 3 is 2.16 bits per heavy atom. The van der Waals surface area contributed by atoms with E-state index in [4.69, 9.17) is 0 Å². The number of nitrogens with one attached hydrogen (secondary N) is 4. The largest absolute Gasteiger partial charge is 0.390 e. The number of aliphatic hydroxyl groups excluding tert-OH is 1. The van der Waals surface area contributed by atoms with Gasteiger partial charge in [0.1, 0.15) is 12.1 Å². The van der Waals surface area contributed by atoms with E-state index in [9.17, 15) is 24.3 Å². The second kappa shape index (κ2) is 19.1. The molecule has 9 nitrogen and oxygen atoms in total. The number of benzene rings is 2. The number of hydrogen-bond donors (Lipinski definition) is 5. The maximum Gasteiger partial charge on any atom is 0.243 e. The molecule has 2 aromatic rings. The molecule has 4 rings (SSSR count). The molecular formula is C39H56N4O5S. The highest BCUT2D eigenvalue weighted by Crippen LogP contribution is 2.37. The number of fused-ring (bicyclic) bond motifs is 1. The monoisotopic (exact) mass is 692 g/mol. The van der Waals surface area contributed by atoms with E-state index in [2.05, 4.69) is 21.3 Å². The fourth-order valence-electron chi connectivity index (χ4n) is 6.73. The minimum atomic E-state index is -1.06. The first-order valence-corrected chi connectivity index (χ1v) is 19.0. The summed E-state index contributed by atoms with van der Waals surface area (Å²) in [5, 5.41) is 22.8. The van der Waals surface area contributed by atoms with Gasteiger partial charge in [0.25, 0.3) is 0 Å². The van der Waals surface area contributed by atoms with Gasteiger partial charge in [-0.15, -0.1) is 11.8 Å². The van der Waals surface area contributed by atoms with Gasteiger partial charge in [-0.3, -0.25) is 19.2 Å². The SMILES string of the molecule is CC(C)CNC(=O)C[C@H](O)[C@H](CC1CCCCC1)NC(=O)[C@H](CC(C)C)NC(=O)[C@H](Cc1ccccc1)NC(=O)C1Cc2ccccc2S1. The van der Waals surface area contributed by atoms with Crippen LogP contribution in [0, 0.1) is 17.8 Å². The van der Waals surface area contributed by atoms with Gasteiger partial charge in [0.05, 0.1) is 23.8 Å². The van der Waals surface area contributed by atoms with E-state index in [1.54, 1.807) is 0 Å². The fraction of sp³-hybridized carbons (Fsp3) is 0.590. The van der Waals surface area contributed by atoms with Gasteiger partial charge in [0.15, 0.2) is 0 Å². The maximum atomic E-state index is 14.0. The molecule has 2 aliphatic rings. The van der Waals surface area contributed by atoms with Gasteiger partial charge >= 0.3 is 0 Å². The molecule has 49 heavy (non-hydrogen) atoms. The van der Waals surface area contributed by atoms with Gasteiger partial charge in [0.2, 0.25) is 23.6 Å². The normalized spacial score (nSPS) is 18.6. The molecule has 2 aromatic carbocycles. The zero-order valence-corrected chi connectivity index (χ0v) is 30.4. The average molecular weight is 693 g/mol. The van der Waals surface area contributed by atoms with Crippen LogP contribution in [0.5, 0.6) is 0 Å². The van der Waals surface area contributed by atoms with Crippen LogP contribution in [0.2, 0.25) is 0 Å². The molecule has 10 heteroatoms. The number of amides is 4. The molecule has 1 unspecified atom stereocenters. The van der Waals surface area contributed by atoms with Crippen molar-refractivity contribution in [3.63, 3.8) is 0 Å². The van der Waals surface area contributed by atoms with E-state index in [-0.39, 0.29) is 41.7 Å². The second-order valence-corrected chi connectivity index (χ2v) is 15.9. The number of hydrogen-bond acceptors (Lipinski definition) is 6. The first kappa shape index (κ1) is 38.4. The van der Waals surface area contributed by atoms with Crippen molar-refractivity contribution >= 4 is 35.4 Å². The van der Waals surface area contributed by atoms with E-state index in [1.807, 2.05) is 82.3 Å². The number of aliphatic hydroxyl groups is 1. The highest BCUT2D eigenvalue weighted by atomic mass is 32.2. The summed E-state index contributed by atoms with van der Waals surface area (Å²) in [6, 6.07) is 15.1. The van der Waals surface area contributed by atoms with Crippen molar-refractivity contribution in [2.75, 3.05) is 6.54 Å². The molecule has 1 aliphatic heterocycles. The van der Waals surface area contributed by atoms with Gasteiger partial charge in [-0.05, 0) is 54.2 Å². The zero-order chi connectivity index (χ0) is 35.3. The van der Waals surface area contributed by atoms with Gasteiger partial charge in [0, 0.05) is 17.9 Å². The van der Waals surface area contributed by atoms with E-state index in [1.165, 1.54) is 18.2 Å². The molecule has 1 aliphatic carbocycles. The summed E-state index contributed by atoms with van der Waals surface area (Å²) >= 11 is 1.50. The number of thioether (sulfide) groups is 1. The predicted octanol–water partition coefficient (Wildman–Crippen LogP) is 4.94. The minimum Gasteiger partial charge on any atom is -0.390 e. The Bertz CT molecular complexity index is 1360. The smallest absolute Gasteiger partial charge is 0.243 e. The molecule has 0 saturated heterocycles. The highest BCUT2D eigenvalue weighted by Gasteiger charge is 2.34. The Morgan fingerprint density at radius 2 is 1.49 bits per heavy atom. The summed E-state index contributed by atoms with van der Waals surface area (Å²) in [6.45, 7) is 8.50. The molecule has 1 saturated carbocycles. The highest BCUT2D eigenvalue weighted by molar-refractivity contribution is 8.01. The van der Waals surface area contributed by atoms with E-state index in [0.717, 1.165) is 41.7 Å². The molecule has 4 amide bonds. The van der Waals surface area contributed by atoms with Crippen molar-refractivity contribution in [2.45, 2.75) is 126 Å². The van der Waals surface area contributed by atoms with Crippen LogP contribution in [-0.4, -0.2) is 64.8 Å². The van der Waals surface area contributed by atoms with E-state index in [0.29, 0.717) is 31.7 Å². The van der Waals surface area contributed by atoms with Crippen molar-refractivity contribution in [1.29, 1.82) is 0 Å². The lowest BCUT2D eigenvalue weighted by Gasteiger charge is -2.32. The predicted molar refractivity (Wildman–Crippen MR) is 195 cm³/mol. The Kier molecular flexibility index (Phi) is 15.0. The van der Waals surface area contributed by atoms with Crippen LogP contribution in [-0.2, 0) is 32.0 Å². The van der Waals surface area contributed by atoms with Gasteiger partial charge in [-0.25, -0.2) is 0 Å². The van der Waals surface area contributed by atoms with Crippen LogP contribution in [0.1, 0.15) is 90.2 Å². The average Bonchev–Trinajstić information content (AvgIpc) is 3.52. The van der Waals surface area contributed by atoms with Crippen molar-refractivity contribution in [1.82, 2.24) is 21.3 Å². The van der Waals surface area contributed by atoms with Crippen LogP contribution < -0.4 is 21.3 Å². The van der Waals surface area contributed by atoms with E-state index < -0.39 is 36.0 Å². The first-order chi connectivity index (χ1) is 23.5. The minimum absolute atomic E-state index is 0.0788. The van der Waals surface area contributed by atoms with E-state index >= 15 is 0 Å². The zero-order valence-electron chi connectivity index (χ0n) is 29.6. The van der Waals surface area contributed by atoms with Crippen molar-refractivity contribution < 1.29 is 24.3 Å². The molecule has 268 valence electrons. The Labute approximate surface area is 296 Å². The third kappa shape index (κ3) is 12.5. The van der Waals surface area contributed by atoms with Crippen LogP contribution in [0.3, 0.4) is 0 Å². The number of carbonyl (C=O) groups excluding carboxylic acids is 4. The molecule has 0 radical (unpaired) electrons. The summed E-state index contributed by atoms with van der Waals surface area (Å²) < 4.78 is 0. The summed E-state index contributed by atoms with van der Waals surface area (Å²) in [5.41, 5.74) is 2.01. The summed E-state index contributed by atoms with van der Waals surface area (Å²) in [6.07, 6.45) is 6.09. The maximum absolute atomic E-state index is 14.0. The third-order valence-electron chi connectivity index (χ3n) is 9.40. The Balaban J connectivity index is 1.48. The quantitative estimate of drug-likeness (QED) is 0.159. The van der Waals surface area contributed by atoms with Crippen LogP contribution in [0.25, 0.3) is 0 Å². The number of carbonyl (C=O) groups is 4. The lowest BCUT2D eigenvalue weighted by atomic mass is 9.83. The third-order valence-corrected chi connectivity index (χ3v) is 10.7. The molecule has 1 heterocycles. The fourth-order valence-corrected chi connectivity index (χ4v) is 7.93. The molecule has 1 fully saturated rings. The number of rotatable bonds is 17. The van der Waals surface area contributed by atoms with Gasteiger partial charge < -0.3 is 26.4 Å². The molecule has 0 spiro atoms. The summed E-state index contributed by atoms with van der Waals surface area (Å²) in [7, 11) is 0. The standard InChI is InChI=1S/C39H56N4O5S/c1-25(2)19-31(37(46)41-30(20-27-13-7-5-8-14-27)33(44)23-36(45)40-24-26(3)4)42-38(47)32(21-28-15-9-6-10-16-28)43-39(48)35-22-29-17-11-12-18-34(29)49-35/h6,9-12,15-18,25-27,30-33,35,44H,5,7-8,13-14,19-24H2,1-4H3,(H,40,45)(H,41,46)(H,42,47)(H,43,48)/t30-,31-,32-,33-,35?/m0/s1. The van der Waals surface area contributed by atoms with Crippen molar-refractivity contribution in [2.24, 2.45) is 17.8 Å². The molecule has 5 atom stereocenters. The lowest BCUT2D eigenvalue weighted by molar-refractivity contribution is -0.133. The molecule has 0 aromatic heterocycles. The Morgan fingerprint density at radius 1 is 0.816 bits per heavy atom. The molecule has 5 N–H and O–H groups in total. The van der Waals surface area contributed by atoms with Crippen LogP contribution in [0.15, 0.2) is 59.5 Å². The van der Waals surface area contributed by atoms with Gasteiger partial charge in [-0.2, -0.15) is 0 Å². The van der Waals surface area contributed by atoms with Crippen LogP contribution in [0.4, 0.5) is 0 Å². The molecular weight excluding hydrogens is 637 g/mol. The summed E-state index contributed by atoms with van der Waals surface area (Å²) in [4.78, 5) is 55.3. The topological polar surface area (TPSA) is 137 Å². The lowest BCUT2D eigenvalue weighted by Crippen LogP contribution is -2.57. The van der Waals surface area contributed by atoms with Crippen LogP contribution >= 0.6 is 11.8 Å². The molecule has 0 bridgehead atoms. The first-order valence-electron chi connectivity index (χ1n) is 18.1. The Hall–Kier alpha value is -3.37. The summed E-state index contributed by atoms with van der Waals surface area (Å²) in [5.74, 6) is -0.589.